The number of fused-ring (bicyclic) bond motifs is 3. The van der Waals surface area contributed by atoms with Crippen molar-refractivity contribution in [3.05, 3.63) is 65.9 Å². The predicted octanol–water partition coefficient (Wildman–Crippen LogP) is 3.84. The summed E-state index contributed by atoms with van der Waals surface area (Å²) in [5.74, 6) is 1.27. The fourth-order valence-corrected chi connectivity index (χ4v) is 5.58. The van der Waals surface area contributed by atoms with Crippen LogP contribution in [0.1, 0.15) is 29.0 Å². The van der Waals surface area contributed by atoms with Crippen LogP contribution in [0.2, 0.25) is 0 Å². The number of hydrogen-bond acceptors (Lipinski definition) is 1. The molecular weight excluding hydrogens is 311 g/mol. The molecule has 0 saturated heterocycles. The Morgan fingerprint density at radius 2 is 1.75 bits per heavy atom. The Morgan fingerprint density at radius 1 is 0.950 bits per heavy atom. The zero-order valence-corrected chi connectivity index (χ0v) is 12.9. The van der Waals surface area contributed by atoms with Gasteiger partial charge in [-0.15, -0.1) is 0 Å². The first-order chi connectivity index (χ1) is 9.92. The van der Waals surface area contributed by atoms with Gasteiger partial charge in [0.25, 0.3) is 0 Å². The van der Waals surface area contributed by atoms with Crippen LogP contribution in [0.4, 0.5) is 0 Å². The van der Waals surface area contributed by atoms with E-state index in [0.717, 1.165) is 5.58 Å². The Morgan fingerprint density at radius 3 is 2.65 bits per heavy atom. The van der Waals surface area contributed by atoms with Gasteiger partial charge in [0.2, 0.25) is 0 Å². The van der Waals surface area contributed by atoms with Crippen LogP contribution >= 0.6 is 0 Å². The van der Waals surface area contributed by atoms with Gasteiger partial charge < -0.3 is 0 Å². The summed E-state index contributed by atoms with van der Waals surface area (Å²) >= 11 is 0.463. The first-order valence-electron chi connectivity index (χ1n) is 7.14. The van der Waals surface area contributed by atoms with Crippen LogP contribution < -0.4 is 4.46 Å². The number of furan rings is 1. The van der Waals surface area contributed by atoms with Crippen LogP contribution in [0.3, 0.4) is 0 Å². The summed E-state index contributed by atoms with van der Waals surface area (Å²) in [5.41, 5.74) is 2.53. The summed E-state index contributed by atoms with van der Waals surface area (Å²) in [6, 6.07) is 19.3. The van der Waals surface area contributed by atoms with Crippen LogP contribution in [0.15, 0.2) is 59.0 Å². The first-order valence-corrected chi connectivity index (χ1v) is 8.98. The fourth-order valence-electron chi connectivity index (χ4n) is 3.01. The summed E-state index contributed by atoms with van der Waals surface area (Å²) in [5, 5.41) is 1.33. The Bertz CT molecular complexity index is 730. The van der Waals surface area contributed by atoms with Crippen molar-refractivity contribution in [3.63, 3.8) is 0 Å². The van der Waals surface area contributed by atoms with Gasteiger partial charge in [0, 0.05) is 0 Å². The van der Waals surface area contributed by atoms with E-state index in [2.05, 4.69) is 54.6 Å². The molecule has 1 atom stereocenters. The van der Waals surface area contributed by atoms with E-state index in [1.165, 1.54) is 40.4 Å². The minimum absolute atomic E-state index is 0.463. The van der Waals surface area contributed by atoms with Crippen LogP contribution in [-0.4, -0.2) is 15.0 Å². The molecule has 0 bridgehead atoms. The molecule has 4 rings (SSSR count). The summed E-state index contributed by atoms with van der Waals surface area (Å²) in [4.78, 5) is 0.598. The van der Waals surface area contributed by atoms with E-state index in [4.69, 9.17) is 4.42 Å². The van der Waals surface area contributed by atoms with Crippen molar-refractivity contribution in [2.45, 2.75) is 24.1 Å². The molecule has 1 aromatic heterocycles. The van der Waals surface area contributed by atoms with Crippen molar-refractivity contribution < 1.29 is 4.42 Å². The number of aryl methyl sites for hydroxylation is 1. The van der Waals surface area contributed by atoms with Crippen molar-refractivity contribution in [2.75, 3.05) is 0 Å². The molecule has 2 heteroatoms. The molecule has 1 aliphatic rings. The van der Waals surface area contributed by atoms with Crippen LogP contribution in [0.25, 0.3) is 11.0 Å². The average molecular weight is 327 g/mol. The summed E-state index contributed by atoms with van der Waals surface area (Å²) in [6.07, 6.45) is 3.73. The molecule has 0 radical (unpaired) electrons. The number of rotatable bonds is 2. The number of benzene rings is 2. The molecule has 0 spiro atoms. The van der Waals surface area contributed by atoms with Gasteiger partial charge in [-0.05, 0) is 0 Å². The second-order valence-electron chi connectivity index (χ2n) is 5.25. The standard InChI is InChI=1S/C18H16OSe/c1-2-7-13(8-3-1)20-17-12-6-10-15-14-9-4-5-11-16(14)19-18(15)17/h1-5,7-9,11,17H,6,10,12H2. The molecule has 0 amide bonds. The molecule has 20 heavy (non-hydrogen) atoms. The van der Waals surface area contributed by atoms with E-state index in [-0.39, 0.29) is 0 Å². The quantitative estimate of drug-likeness (QED) is 0.652. The molecule has 0 aliphatic heterocycles. The third-order valence-corrected chi connectivity index (χ3v) is 6.62. The molecule has 1 unspecified atom stereocenters. The fraction of sp³-hybridized carbons (Fsp3) is 0.222. The second-order valence-corrected chi connectivity index (χ2v) is 7.93. The van der Waals surface area contributed by atoms with Crippen LogP contribution in [-0.2, 0) is 6.42 Å². The van der Waals surface area contributed by atoms with Crippen molar-refractivity contribution in [2.24, 2.45) is 0 Å². The molecule has 100 valence electrons. The number of hydrogen-bond donors (Lipinski definition) is 0. The normalized spacial score (nSPS) is 18.1. The molecular formula is C18H16OSe. The third-order valence-electron chi connectivity index (χ3n) is 3.94. The van der Waals surface area contributed by atoms with Gasteiger partial charge in [-0.3, -0.25) is 0 Å². The van der Waals surface area contributed by atoms with E-state index in [1.807, 2.05) is 0 Å². The monoisotopic (exact) mass is 328 g/mol. The molecule has 3 aromatic rings. The van der Waals surface area contributed by atoms with E-state index < -0.39 is 0 Å². The average Bonchev–Trinajstić information content (AvgIpc) is 2.88. The Hall–Kier alpha value is -1.50. The second kappa shape index (κ2) is 5.12. The van der Waals surface area contributed by atoms with Gasteiger partial charge in [0.05, 0.1) is 0 Å². The SMILES string of the molecule is c1ccc([Se]C2CCCc3c2oc2ccccc32)cc1. The summed E-state index contributed by atoms with van der Waals surface area (Å²) < 4.78 is 7.66. The molecule has 1 nitrogen and oxygen atoms in total. The van der Waals surface area contributed by atoms with Crippen LogP contribution in [0.5, 0.6) is 0 Å². The zero-order chi connectivity index (χ0) is 13.4. The van der Waals surface area contributed by atoms with Crippen molar-refractivity contribution in [1.29, 1.82) is 0 Å². The van der Waals surface area contributed by atoms with E-state index in [1.54, 1.807) is 0 Å². The molecule has 0 saturated carbocycles. The first kappa shape index (κ1) is 12.3. The van der Waals surface area contributed by atoms with Gasteiger partial charge in [-0.25, -0.2) is 0 Å². The summed E-state index contributed by atoms with van der Waals surface area (Å²) in [6.45, 7) is 0. The van der Waals surface area contributed by atoms with Crippen LogP contribution in [0, 0.1) is 0 Å². The Kier molecular flexibility index (Phi) is 3.14. The van der Waals surface area contributed by atoms with E-state index in [9.17, 15) is 0 Å². The molecule has 0 fully saturated rings. The predicted molar refractivity (Wildman–Crippen MR) is 83.7 cm³/mol. The molecule has 1 aliphatic carbocycles. The Labute approximate surface area is 125 Å². The zero-order valence-electron chi connectivity index (χ0n) is 11.2. The van der Waals surface area contributed by atoms with Crippen molar-refractivity contribution in [1.82, 2.24) is 0 Å². The molecule has 2 aromatic carbocycles. The van der Waals surface area contributed by atoms with Gasteiger partial charge in [-0.2, -0.15) is 0 Å². The van der Waals surface area contributed by atoms with E-state index in [0.29, 0.717) is 19.8 Å². The van der Waals surface area contributed by atoms with Crippen molar-refractivity contribution in [3.8, 4) is 0 Å². The maximum atomic E-state index is 6.19. The van der Waals surface area contributed by atoms with Gasteiger partial charge >= 0.3 is 125 Å². The van der Waals surface area contributed by atoms with Gasteiger partial charge in [0.15, 0.2) is 0 Å². The summed E-state index contributed by atoms with van der Waals surface area (Å²) in [7, 11) is 0. The Balaban J connectivity index is 1.75. The maximum absolute atomic E-state index is 6.19. The molecule has 1 heterocycles. The van der Waals surface area contributed by atoms with Crippen molar-refractivity contribution >= 4 is 30.4 Å². The number of para-hydroxylation sites is 1. The minimum atomic E-state index is 0.463. The molecule has 0 N–H and O–H groups in total. The van der Waals surface area contributed by atoms with Gasteiger partial charge in [-0.1, -0.05) is 0 Å². The van der Waals surface area contributed by atoms with E-state index >= 15 is 0 Å². The van der Waals surface area contributed by atoms with Gasteiger partial charge in [0.1, 0.15) is 0 Å². The topological polar surface area (TPSA) is 13.1 Å². The third kappa shape index (κ3) is 2.09.